The first-order chi connectivity index (χ1) is 5.71. The molecule has 0 aromatic rings. The summed E-state index contributed by atoms with van der Waals surface area (Å²) in [6, 6.07) is 0.307. The molecular weight excluding hydrogens is 219 g/mol. The second kappa shape index (κ2) is 4.24. The molecule has 2 nitrogen and oxygen atoms in total. The van der Waals surface area contributed by atoms with Gasteiger partial charge in [-0.15, -0.1) is 0 Å². The van der Waals surface area contributed by atoms with E-state index in [2.05, 4.69) is 58.5 Å². The molecule has 14 heavy (non-hydrogen) atoms. The molecule has 0 radical (unpaired) electrons. The Labute approximate surface area is 97.8 Å². The summed E-state index contributed by atoms with van der Waals surface area (Å²) in [5.74, 6) is 0. The Hall–Kier alpha value is -0.00649. The van der Waals surface area contributed by atoms with Crippen LogP contribution in [0.1, 0.15) is 41.5 Å². The van der Waals surface area contributed by atoms with Gasteiger partial charge in [-0.3, -0.25) is 0 Å². The number of nitrogens with one attached hydrogen (secondary N) is 1. The number of rotatable bonds is 0. The molecule has 0 aromatic heterocycles. The van der Waals surface area contributed by atoms with Crippen molar-refractivity contribution in [1.82, 2.24) is 5.43 Å². The number of hydrogen-bond donors (Lipinski definition) is 1. The van der Waals surface area contributed by atoms with Crippen LogP contribution in [0.3, 0.4) is 0 Å². The van der Waals surface area contributed by atoms with Crippen LogP contribution in [0, 0.1) is 10.8 Å². The van der Waals surface area contributed by atoms with Crippen LogP contribution in [-0.4, -0.2) is 6.04 Å². The standard InChI is InChI=1S/C11H21N2.Ni/c1-10(2,3)8-7-9(13-12-8)11(4,5)6;/h7-8,13H,1-6H3;/q-1;. The first-order valence-electron chi connectivity index (χ1n) is 4.89. The molecule has 1 atom stereocenters. The Morgan fingerprint density at radius 2 is 1.64 bits per heavy atom. The minimum absolute atomic E-state index is 0. The van der Waals surface area contributed by atoms with E-state index >= 15 is 0 Å². The molecule has 1 rings (SSSR count). The second-order valence-electron chi connectivity index (χ2n) is 5.88. The number of hydrogen-bond acceptors (Lipinski definition) is 1. The van der Waals surface area contributed by atoms with E-state index < -0.39 is 0 Å². The van der Waals surface area contributed by atoms with E-state index in [0.29, 0.717) is 6.04 Å². The van der Waals surface area contributed by atoms with Crippen molar-refractivity contribution in [3.8, 4) is 0 Å². The van der Waals surface area contributed by atoms with E-state index in [1.807, 2.05) is 0 Å². The summed E-state index contributed by atoms with van der Waals surface area (Å²) < 4.78 is 0. The molecule has 1 aliphatic heterocycles. The van der Waals surface area contributed by atoms with Crippen LogP contribution < -0.4 is 5.43 Å². The normalized spacial score (nSPS) is 22.4. The first-order valence-corrected chi connectivity index (χ1v) is 4.89. The quantitative estimate of drug-likeness (QED) is 0.646. The van der Waals surface area contributed by atoms with Crippen molar-refractivity contribution in [3.63, 3.8) is 0 Å². The van der Waals surface area contributed by atoms with Gasteiger partial charge in [-0.25, -0.2) is 0 Å². The van der Waals surface area contributed by atoms with Gasteiger partial charge in [0.25, 0.3) is 0 Å². The monoisotopic (exact) mass is 239 g/mol. The van der Waals surface area contributed by atoms with Crippen molar-refractivity contribution in [3.05, 3.63) is 17.2 Å². The third-order valence-electron chi connectivity index (χ3n) is 2.34. The smallest absolute Gasteiger partial charge is 0 e. The summed E-state index contributed by atoms with van der Waals surface area (Å²) in [7, 11) is 0. The van der Waals surface area contributed by atoms with Crippen molar-refractivity contribution in [2.24, 2.45) is 10.8 Å². The molecule has 0 spiro atoms. The number of allylic oxidation sites excluding steroid dienone is 1. The fourth-order valence-electron chi connectivity index (χ4n) is 1.23. The maximum absolute atomic E-state index is 4.41. The largest absolute Gasteiger partial charge is 0.565 e. The van der Waals surface area contributed by atoms with Gasteiger partial charge in [0.1, 0.15) is 0 Å². The predicted molar refractivity (Wildman–Crippen MR) is 57.3 cm³/mol. The summed E-state index contributed by atoms with van der Waals surface area (Å²) in [5, 5.41) is 0. The van der Waals surface area contributed by atoms with Gasteiger partial charge in [0.2, 0.25) is 0 Å². The molecule has 0 bridgehead atoms. The van der Waals surface area contributed by atoms with E-state index in [-0.39, 0.29) is 27.3 Å². The summed E-state index contributed by atoms with van der Waals surface area (Å²) >= 11 is 0. The van der Waals surface area contributed by atoms with Gasteiger partial charge in [-0.1, -0.05) is 53.7 Å². The summed E-state index contributed by atoms with van der Waals surface area (Å²) in [5.41, 5.74) is 9.20. The molecule has 0 saturated carbocycles. The van der Waals surface area contributed by atoms with Gasteiger partial charge >= 0.3 is 0 Å². The Kier molecular flexibility index (Phi) is 4.24. The van der Waals surface area contributed by atoms with Gasteiger partial charge in [-0.2, -0.15) is 0 Å². The van der Waals surface area contributed by atoms with E-state index in [4.69, 9.17) is 0 Å². The Morgan fingerprint density at radius 3 is 1.86 bits per heavy atom. The molecule has 1 unspecified atom stereocenters. The molecule has 1 N–H and O–H groups in total. The van der Waals surface area contributed by atoms with Crippen LogP contribution in [-0.2, 0) is 16.5 Å². The third-order valence-corrected chi connectivity index (χ3v) is 2.34. The zero-order valence-corrected chi connectivity index (χ0v) is 10.9. The molecule has 86 valence electrons. The fraction of sp³-hybridized carbons (Fsp3) is 0.818. The maximum Gasteiger partial charge on any atom is 0 e. The van der Waals surface area contributed by atoms with Crippen LogP contribution in [0.25, 0.3) is 5.43 Å². The topological polar surface area (TPSA) is 26.1 Å². The maximum atomic E-state index is 4.41. The zero-order chi connectivity index (χ0) is 10.3. The van der Waals surface area contributed by atoms with Crippen LogP contribution >= 0.6 is 0 Å². The van der Waals surface area contributed by atoms with Gasteiger partial charge < -0.3 is 10.9 Å². The van der Waals surface area contributed by atoms with Crippen LogP contribution in [0.15, 0.2) is 11.8 Å². The minimum Gasteiger partial charge on any atom is -0.565 e. The van der Waals surface area contributed by atoms with E-state index in [1.165, 1.54) is 5.70 Å². The molecule has 0 fully saturated rings. The van der Waals surface area contributed by atoms with E-state index in [1.54, 1.807) is 0 Å². The molecule has 1 aliphatic rings. The van der Waals surface area contributed by atoms with Crippen LogP contribution in [0.4, 0.5) is 0 Å². The summed E-state index contributed by atoms with van der Waals surface area (Å²) in [4.78, 5) is 0. The molecular formula is C11H21N2Ni-. The van der Waals surface area contributed by atoms with Crippen LogP contribution in [0.5, 0.6) is 0 Å². The SMILES string of the molecule is CC(C)(C)C1=CC(C(C)(C)C)[N-]N1.[Ni]. The minimum atomic E-state index is 0. The summed E-state index contributed by atoms with van der Waals surface area (Å²) in [6.45, 7) is 13.2. The first kappa shape index (κ1) is 14.0. The fourth-order valence-corrected chi connectivity index (χ4v) is 1.23. The molecule has 3 heteroatoms. The third kappa shape index (κ3) is 3.29. The second-order valence-corrected chi connectivity index (χ2v) is 5.88. The van der Waals surface area contributed by atoms with Gasteiger partial charge in [0.15, 0.2) is 0 Å². The van der Waals surface area contributed by atoms with Gasteiger partial charge in [-0.05, 0) is 16.5 Å². The Morgan fingerprint density at radius 1 is 1.14 bits per heavy atom. The van der Waals surface area contributed by atoms with Gasteiger partial charge in [0, 0.05) is 16.5 Å². The predicted octanol–water partition coefficient (Wildman–Crippen LogP) is 3.22. The molecule has 1 heterocycles. The van der Waals surface area contributed by atoms with Crippen molar-refractivity contribution in [2.45, 2.75) is 47.6 Å². The molecule has 0 saturated heterocycles. The zero-order valence-electron chi connectivity index (χ0n) is 9.92. The van der Waals surface area contributed by atoms with Crippen LogP contribution in [0.2, 0.25) is 0 Å². The number of nitrogens with zero attached hydrogens (tertiary/aromatic N) is 1. The molecule has 0 aromatic carbocycles. The van der Waals surface area contributed by atoms with Crippen molar-refractivity contribution in [2.75, 3.05) is 0 Å². The van der Waals surface area contributed by atoms with E-state index in [9.17, 15) is 0 Å². The van der Waals surface area contributed by atoms with Crippen molar-refractivity contribution < 1.29 is 16.5 Å². The van der Waals surface area contributed by atoms with Gasteiger partial charge in [0.05, 0.1) is 0 Å². The van der Waals surface area contributed by atoms with Crippen molar-refractivity contribution in [1.29, 1.82) is 0 Å². The average molecular weight is 240 g/mol. The molecule has 0 aliphatic carbocycles. The Balaban J connectivity index is 0.00000169. The Bertz CT molecular complexity index is 220. The van der Waals surface area contributed by atoms with E-state index in [0.717, 1.165) is 0 Å². The molecule has 0 amide bonds. The van der Waals surface area contributed by atoms with Crippen molar-refractivity contribution >= 4 is 0 Å². The average Bonchev–Trinajstić information content (AvgIpc) is 2.28. The summed E-state index contributed by atoms with van der Waals surface area (Å²) in [6.07, 6.45) is 2.25.